The van der Waals surface area contributed by atoms with Crippen LogP contribution in [0.4, 0.5) is 10.9 Å². The van der Waals surface area contributed by atoms with Crippen LogP contribution in [0.3, 0.4) is 0 Å². The number of hydrogen-bond acceptors (Lipinski definition) is 14. The number of aromatic nitrogens is 4. The summed E-state index contributed by atoms with van der Waals surface area (Å²) < 4.78 is 7.03. The van der Waals surface area contributed by atoms with Gasteiger partial charge in [-0.1, -0.05) is 5.16 Å². The number of anilines is 2. The van der Waals surface area contributed by atoms with Gasteiger partial charge in [0.15, 0.2) is 17.5 Å². The summed E-state index contributed by atoms with van der Waals surface area (Å²) in [5, 5.41) is 36.8. The Labute approximate surface area is 256 Å². The molecule has 0 aliphatic carbocycles. The third-order valence-corrected chi connectivity index (χ3v) is 8.43. The van der Waals surface area contributed by atoms with Crippen molar-refractivity contribution in [2.24, 2.45) is 5.16 Å². The Hall–Kier alpha value is -4.76. The maximum Gasteiger partial charge on any atom is 0.352 e. The lowest BCUT2D eigenvalue weighted by Gasteiger charge is -2.49. The molecule has 3 amide bonds. The number of carboxylic acids is 2. The van der Waals surface area contributed by atoms with Crippen LogP contribution in [-0.2, 0) is 48.4 Å². The third-order valence-electron chi connectivity index (χ3n) is 6.55. The second-order valence-corrected chi connectivity index (χ2v) is 11.8. The summed E-state index contributed by atoms with van der Waals surface area (Å²) in [7, 11) is 0. The molecule has 4 rings (SSSR count). The summed E-state index contributed by atoms with van der Waals surface area (Å²) in [6, 6.07) is -1.17. The quantitative estimate of drug-likeness (QED) is 0.0353. The Morgan fingerprint density at radius 1 is 1.32 bits per heavy atom. The van der Waals surface area contributed by atoms with E-state index in [1.165, 1.54) is 30.3 Å². The van der Waals surface area contributed by atoms with Crippen LogP contribution in [0.2, 0.25) is 0 Å². The highest BCUT2D eigenvalue weighted by atomic mass is 32.2. The molecule has 2 atom stereocenters. The second kappa shape index (κ2) is 12.9. The Bertz CT molecular complexity index is 1570. The van der Waals surface area contributed by atoms with E-state index < -0.39 is 46.5 Å². The molecule has 4 heterocycles. The molecule has 2 aliphatic rings. The summed E-state index contributed by atoms with van der Waals surface area (Å²) in [6.07, 6.45) is 2.11. The number of β-lactam (4-membered cyclic amide) rings is 1. The van der Waals surface area contributed by atoms with Crippen LogP contribution >= 0.6 is 23.3 Å². The van der Waals surface area contributed by atoms with E-state index in [4.69, 9.17) is 16.3 Å². The molecule has 9 N–H and O–H groups in total. The first-order valence-corrected chi connectivity index (χ1v) is 14.6. The molecule has 236 valence electrons. The van der Waals surface area contributed by atoms with Crippen LogP contribution in [0.1, 0.15) is 25.2 Å². The highest BCUT2D eigenvalue weighted by Crippen LogP contribution is 2.40. The fourth-order valence-electron chi connectivity index (χ4n) is 4.31. The molecule has 44 heavy (non-hydrogen) atoms. The van der Waals surface area contributed by atoms with E-state index in [2.05, 4.69) is 25.1 Å². The standard InChI is InChI=1S/C23H28N10O9S2/c1-23(2,21(40)41)42-29-12(16-28-22(25)44-30-16)17(36)27-13-18(37)33-14(20(38)39)11(8-43-19(13)33)7-31-6-10(5-26-9-35)15(24)32(31)3-4-34/h6,9,13,19,24,34H,3-5,7-8H2,1-2H3,(H6,25,26,27,28,30,35,36,38,39,40,41)/p+1/b29-12-/t13-,19-/m1/s1. The number of nitrogen functional groups attached to an aromatic ring is 2. The van der Waals surface area contributed by atoms with Gasteiger partial charge in [-0.05, 0) is 13.8 Å². The number of aliphatic hydroxyl groups excluding tert-OH is 1. The molecule has 19 nitrogen and oxygen atoms in total. The Morgan fingerprint density at radius 3 is 2.64 bits per heavy atom. The van der Waals surface area contributed by atoms with Crippen molar-refractivity contribution in [2.45, 2.75) is 50.5 Å². The monoisotopic (exact) mass is 653 g/mol. The van der Waals surface area contributed by atoms with E-state index in [1.54, 1.807) is 10.9 Å². The van der Waals surface area contributed by atoms with E-state index in [0.717, 1.165) is 16.4 Å². The molecule has 2 aromatic rings. The number of aliphatic hydroxyl groups is 1. The van der Waals surface area contributed by atoms with Crippen LogP contribution < -0.4 is 26.8 Å². The van der Waals surface area contributed by atoms with E-state index in [-0.39, 0.29) is 54.5 Å². The first-order chi connectivity index (χ1) is 20.8. The van der Waals surface area contributed by atoms with Crippen molar-refractivity contribution in [1.29, 1.82) is 0 Å². The molecule has 2 aromatic heterocycles. The molecule has 0 radical (unpaired) electrons. The van der Waals surface area contributed by atoms with E-state index in [1.807, 2.05) is 0 Å². The third kappa shape index (κ3) is 6.28. The number of nitrogens with one attached hydrogen (secondary N) is 2. The predicted molar refractivity (Wildman–Crippen MR) is 152 cm³/mol. The number of thioether (sulfide) groups is 1. The summed E-state index contributed by atoms with van der Waals surface area (Å²) in [4.78, 5) is 71.1. The molecule has 0 unspecified atom stereocenters. The first-order valence-electron chi connectivity index (χ1n) is 12.8. The molecular weight excluding hydrogens is 624 g/mol. The largest absolute Gasteiger partial charge is 0.478 e. The number of fused-ring (bicyclic) bond motifs is 1. The summed E-state index contributed by atoms with van der Waals surface area (Å²) in [5.74, 6) is -4.26. The van der Waals surface area contributed by atoms with Gasteiger partial charge in [0.05, 0.1) is 18.7 Å². The number of rotatable bonds is 14. The van der Waals surface area contributed by atoms with Gasteiger partial charge in [0.2, 0.25) is 29.7 Å². The number of carbonyl (C=O) groups is 5. The smallest absolute Gasteiger partial charge is 0.352 e. The van der Waals surface area contributed by atoms with Crippen LogP contribution in [0.25, 0.3) is 0 Å². The number of carboxylic acid groups (broad SMARTS) is 2. The molecular formula is C23H29N10O9S2+. The Balaban J connectivity index is 1.58. The Morgan fingerprint density at radius 2 is 2.05 bits per heavy atom. The molecule has 0 saturated carbocycles. The van der Waals surface area contributed by atoms with Gasteiger partial charge in [-0.15, -0.1) is 21.1 Å². The summed E-state index contributed by atoms with van der Waals surface area (Å²) in [6.45, 7) is 2.34. The number of nitrogens with zero attached hydrogens (tertiary/aromatic N) is 6. The van der Waals surface area contributed by atoms with E-state index >= 15 is 0 Å². The van der Waals surface area contributed by atoms with Crippen molar-refractivity contribution in [1.82, 2.24) is 29.6 Å². The molecule has 21 heteroatoms. The van der Waals surface area contributed by atoms with Crippen molar-refractivity contribution in [3.05, 3.63) is 28.9 Å². The van der Waals surface area contributed by atoms with Gasteiger partial charge in [0.25, 0.3) is 11.8 Å². The van der Waals surface area contributed by atoms with Crippen molar-refractivity contribution in [3.63, 3.8) is 0 Å². The average molecular weight is 654 g/mol. The van der Waals surface area contributed by atoms with Crippen LogP contribution in [0.5, 0.6) is 0 Å². The van der Waals surface area contributed by atoms with Crippen molar-refractivity contribution < 1.29 is 48.8 Å². The van der Waals surface area contributed by atoms with Crippen molar-refractivity contribution >= 4 is 70.1 Å². The number of oxime groups is 1. The zero-order valence-corrected chi connectivity index (χ0v) is 24.9. The normalized spacial score (nSPS) is 18.4. The number of hydrogen-bond donors (Lipinski definition) is 7. The lowest BCUT2D eigenvalue weighted by atomic mass is 10.0. The number of aliphatic carboxylic acids is 2. The maximum atomic E-state index is 13.3. The maximum absolute atomic E-state index is 13.3. The molecule has 1 saturated heterocycles. The highest BCUT2D eigenvalue weighted by Gasteiger charge is 2.55. The summed E-state index contributed by atoms with van der Waals surface area (Å²) in [5.41, 5.74) is 10.1. The van der Waals surface area contributed by atoms with Gasteiger partial charge in [-0.2, -0.15) is 9.36 Å². The van der Waals surface area contributed by atoms with Gasteiger partial charge < -0.3 is 42.3 Å². The minimum absolute atomic E-state index is 0.00211. The van der Waals surface area contributed by atoms with Gasteiger partial charge in [-0.3, -0.25) is 19.3 Å². The van der Waals surface area contributed by atoms with Crippen LogP contribution in [-0.4, -0.2) is 99.5 Å². The molecule has 0 spiro atoms. The number of nitrogens with two attached hydrogens (primary N) is 2. The lowest BCUT2D eigenvalue weighted by molar-refractivity contribution is -0.767. The van der Waals surface area contributed by atoms with Gasteiger partial charge in [-0.25, -0.2) is 9.59 Å². The minimum Gasteiger partial charge on any atom is -0.478 e. The fourth-order valence-corrected chi connectivity index (χ4v) is 6.08. The second-order valence-electron chi connectivity index (χ2n) is 9.90. The molecule has 0 bridgehead atoms. The fraction of sp³-hybridized carbons (Fsp3) is 0.435. The lowest BCUT2D eigenvalue weighted by Crippen LogP contribution is -2.71. The number of carbonyl (C=O) groups excluding carboxylic acids is 3. The molecule has 0 aromatic carbocycles. The van der Waals surface area contributed by atoms with Crippen LogP contribution in [0, 0.1) is 0 Å². The van der Waals surface area contributed by atoms with Gasteiger partial charge in [0, 0.05) is 22.9 Å². The van der Waals surface area contributed by atoms with Gasteiger partial charge >= 0.3 is 11.9 Å². The van der Waals surface area contributed by atoms with Crippen molar-refractivity contribution in [3.8, 4) is 0 Å². The highest BCUT2D eigenvalue weighted by molar-refractivity contribution is 8.00. The predicted octanol–water partition coefficient (Wildman–Crippen LogP) is -2.95. The van der Waals surface area contributed by atoms with Gasteiger partial charge in [0.1, 0.15) is 23.7 Å². The van der Waals surface area contributed by atoms with E-state index in [0.29, 0.717) is 17.5 Å². The van der Waals surface area contributed by atoms with Crippen LogP contribution in [0.15, 0.2) is 22.6 Å². The van der Waals surface area contributed by atoms with E-state index in [9.17, 15) is 39.3 Å². The minimum atomic E-state index is -1.82. The topological polar surface area (TPSA) is 282 Å². The zero-order valence-electron chi connectivity index (χ0n) is 23.3. The van der Waals surface area contributed by atoms with Crippen molar-refractivity contribution in [2.75, 3.05) is 23.8 Å². The molecule has 1 fully saturated rings. The average Bonchev–Trinajstić information content (AvgIpc) is 3.52. The number of amides is 3. The summed E-state index contributed by atoms with van der Waals surface area (Å²) >= 11 is 1.95. The SMILES string of the molecule is CC(C)(O/N=C(\C(=O)N[C@@H]1C(=O)N2C(C(=O)O)=C(C[n+]3cc(CNC=O)c(N)n3CCO)CS[C@H]12)c1nsc(N)n1)C(=O)O. The first kappa shape index (κ1) is 32.2. The zero-order chi connectivity index (χ0) is 32.3. The Kier molecular flexibility index (Phi) is 9.39. The molecule has 2 aliphatic heterocycles.